The summed E-state index contributed by atoms with van der Waals surface area (Å²) >= 11 is 7.36. The first-order chi connectivity index (χ1) is 15.0. The molecule has 4 rings (SSSR count). The van der Waals surface area contributed by atoms with Gasteiger partial charge in [-0.25, -0.2) is 4.39 Å². The minimum absolute atomic E-state index is 0.0494. The Kier molecular flexibility index (Phi) is 6.59. The summed E-state index contributed by atoms with van der Waals surface area (Å²) in [5, 5.41) is 2.59. The largest absolute Gasteiger partial charge is 0.326 e. The monoisotopic (exact) mass is 454 g/mol. The average Bonchev–Trinajstić information content (AvgIpc) is 3.16. The van der Waals surface area contributed by atoms with E-state index in [2.05, 4.69) is 17.4 Å². The fourth-order valence-electron chi connectivity index (χ4n) is 3.44. The van der Waals surface area contributed by atoms with Gasteiger partial charge in [0, 0.05) is 17.8 Å². The number of carbonyl (C=O) groups is 2. The van der Waals surface area contributed by atoms with E-state index in [-0.39, 0.29) is 22.2 Å². The van der Waals surface area contributed by atoms with Crippen LogP contribution in [0.25, 0.3) is 0 Å². The molecule has 1 N–H and O–H groups in total. The lowest BCUT2D eigenvalue weighted by Gasteiger charge is -2.24. The minimum atomic E-state index is -0.538. The maximum Gasteiger partial charge on any atom is 0.255 e. The molecule has 158 valence electrons. The fourth-order valence-corrected chi connectivity index (χ4v) is 4.84. The van der Waals surface area contributed by atoms with Gasteiger partial charge in [-0.15, -0.1) is 11.8 Å². The van der Waals surface area contributed by atoms with Crippen LogP contribution < -0.4 is 5.32 Å². The smallest absolute Gasteiger partial charge is 0.255 e. The molecular formula is C24H20ClFN2O2S. The lowest BCUT2D eigenvalue weighted by atomic mass is 10.1. The highest BCUT2D eigenvalue weighted by Crippen LogP contribution is 2.38. The van der Waals surface area contributed by atoms with Gasteiger partial charge in [0.05, 0.1) is 10.8 Å². The predicted molar refractivity (Wildman–Crippen MR) is 123 cm³/mol. The van der Waals surface area contributed by atoms with Crippen molar-refractivity contribution in [3.8, 4) is 0 Å². The predicted octanol–water partition coefficient (Wildman–Crippen LogP) is 5.55. The second kappa shape index (κ2) is 9.54. The van der Waals surface area contributed by atoms with Gasteiger partial charge in [0.25, 0.3) is 5.91 Å². The van der Waals surface area contributed by atoms with Crippen LogP contribution in [-0.4, -0.2) is 29.0 Å². The van der Waals surface area contributed by atoms with Gasteiger partial charge in [-0.1, -0.05) is 54.1 Å². The molecule has 31 heavy (non-hydrogen) atoms. The van der Waals surface area contributed by atoms with Gasteiger partial charge in [0.15, 0.2) is 0 Å². The summed E-state index contributed by atoms with van der Waals surface area (Å²) < 4.78 is 13.3. The van der Waals surface area contributed by atoms with E-state index in [4.69, 9.17) is 11.6 Å². The van der Waals surface area contributed by atoms with Gasteiger partial charge in [-0.05, 0) is 47.9 Å². The standard InChI is InChI=1S/C24H20ClFN2O2S/c25-20-14-19(10-11-21(20)26)27-23(30)17-6-8-18(9-7-17)24-28(22(29)15-31-24)13-12-16-4-2-1-3-5-16/h1-11,14,24H,12-13,15H2,(H,27,30)/t24-/m0/s1. The van der Waals surface area contributed by atoms with E-state index < -0.39 is 5.82 Å². The minimum Gasteiger partial charge on any atom is -0.326 e. The molecule has 3 aromatic carbocycles. The normalized spacial score (nSPS) is 15.9. The van der Waals surface area contributed by atoms with E-state index in [1.807, 2.05) is 35.2 Å². The van der Waals surface area contributed by atoms with Crippen molar-refractivity contribution in [3.05, 3.63) is 100 Å². The first-order valence-corrected chi connectivity index (χ1v) is 11.3. The summed E-state index contributed by atoms with van der Waals surface area (Å²) in [6.45, 7) is 0.647. The number of carbonyl (C=O) groups excluding carboxylic acids is 2. The van der Waals surface area contributed by atoms with Crippen LogP contribution >= 0.6 is 23.4 Å². The molecular weight excluding hydrogens is 435 g/mol. The molecule has 1 saturated heterocycles. The van der Waals surface area contributed by atoms with E-state index in [1.165, 1.54) is 23.8 Å². The lowest BCUT2D eigenvalue weighted by Crippen LogP contribution is -2.30. The number of hydrogen-bond donors (Lipinski definition) is 1. The van der Waals surface area contributed by atoms with Crippen molar-refractivity contribution in [1.82, 2.24) is 4.90 Å². The SMILES string of the molecule is O=C(Nc1ccc(F)c(Cl)c1)c1ccc([C@@H]2SCC(=O)N2CCc2ccccc2)cc1. The molecule has 1 fully saturated rings. The number of anilines is 1. The Balaban J connectivity index is 1.43. The zero-order valence-corrected chi connectivity index (χ0v) is 18.1. The quantitative estimate of drug-likeness (QED) is 0.531. The highest BCUT2D eigenvalue weighted by Gasteiger charge is 2.32. The zero-order valence-electron chi connectivity index (χ0n) is 16.6. The molecule has 0 saturated carbocycles. The number of amides is 2. The Morgan fingerprint density at radius 1 is 1.10 bits per heavy atom. The van der Waals surface area contributed by atoms with Crippen LogP contribution in [-0.2, 0) is 11.2 Å². The topological polar surface area (TPSA) is 49.4 Å². The van der Waals surface area contributed by atoms with E-state index >= 15 is 0 Å². The summed E-state index contributed by atoms with van der Waals surface area (Å²) in [6.07, 6.45) is 0.796. The molecule has 1 atom stereocenters. The Morgan fingerprint density at radius 3 is 2.55 bits per heavy atom. The molecule has 2 amide bonds. The highest BCUT2D eigenvalue weighted by atomic mass is 35.5. The Labute approximate surface area is 189 Å². The van der Waals surface area contributed by atoms with Crippen molar-refractivity contribution in [3.63, 3.8) is 0 Å². The van der Waals surface area contributed by atoms with Crippen molar-refractivity contribution in [2.24, 2.45) is 0 Å². The van der Waals surface area contributed by atoms with E-state index in [1.54, 1.807) is 23.9 Å². The van der Waals surface area contributed by atoms with Crippen molar-refractivity contribution < 1.29 is 14.0 Å². The van der Waals surface area contributed by atoms with Gasteiger partial charge in [-0.3, -0.25) is 9.59 Å². The average molecular weight is 455 g/mol. The number of hydrogen-bond acceptors (Lipinski definition) is 3. The molecule has 7 heteroatoms. The molecule has 0 unspecified atom stereocenters. The third-order valence-electron chi connectivity index (χ3n) is 5.09. The summed E-state index contributed by atoms with van der Waals surface area (Å²) in [5.41, 5.74) is 3.06. The van der Waals surface area contributed by atoms with Gasteiger partial charge < -0.3 is 10.2 Å². The molecule has 0 spiro atoms. The summed E-state index contributed by atoms with van der Waals surface area (Å²) in [5.74, 6) is -0.275. The Bertz CT molecular complexity index is 1090. The summed E-state index contributed by atoms with van der Waals surface area (Å²) in [7, 11) is 0. The third-order valence-corrected chi connectivity index (χ3v) is 6.63. The molecule has 0 radical (unpaired) electrons. The Hall–Kier alpha value is -2.83. The zero-order chi connectivity index (χ0) is 21.8. The number of halogens is 2. The van der Waals surface area contributed by atoms with Gasteiger partial charge in [0.1, 0.15) is 11.2 Å². The first kappa shape index (κ1) is 21.4. The number of rotatable bonds is 6. The lowest BCUT2D eigenvalue weighted by molar-refractivity contribution is -0.128. The van der Waals surface area contributed by atoms with E-state index in [9.17, 15) is 14.0 Å². The van der Waals surface area contributed by atoms with Crippen LogP contribution in [0.1, 0.15) is 26.9 Å². The molecule has 1 heterocycles. The number of benzene rings is 3. The number of nitrogens with zero attached hydrogens (tertiary/aromatic N) is 1. The molecule has 4 nitrogen and oxygen atoms in total. The number of thioether (sulfide) groups is 1. The van der Waals surface area contributed by atoms with Crippen LogP contribution in [0.4, 0.5) is 10.1 Å². The van der Waals surface area contributed by atoms with Crippen LogP contribution in [0.15, 0.2) is 72.8 Å². The second-order valence-electron chi connectivity index (χ2n) is 7.19. The maximum absolute atomic E-state index is 13.3. The highest BCUT2D eigenvalue weighted by molar-refractivity contribution is 8.00. The molecule has 0 aliphatic carbocycles. The second-order valence-corrected chi connectivity index (χ2v) is 8.67. The van der Waals surface area contributed by atoms with Crippen LogP contribution in [0.2, 0.25) is 5.02 Å². The first-order valence-electron chi connectivity index (χ1n) is 9.82. The fraction of sp³-hybridized carbons (Fsp3) is 0.167. The molecule has 1 aliphatic heterocycles. The van der Waals surface area contributed by atoms with Gasteiger partial charge in [0.2, 0.25) is 5.91 Å². The van der Waals surface area contributed by atoms with Crippen molar-refractivity contribution in [2.45, 2.75) is 11.8 Å². The van der Waals surface area contributed by atoms with Gasteiger partial charge in [-0.2, -0.15) is 0 Å². The van der Waals surface area contributed by atoms with Gasteiger partial charge >= 0.3 is 0 Å². The third kappa shape index (κ3) is 5.09. The molecule has 0 bridgehead atoms. The molecule has 3 aromatic rings. The number of nitrogens with one attached hydrogen (secondary N) is 1. The van der Waals surface area contributed by atoms with E-state index in [0.717, 1.165) is 12.0 Å². The van der Waals surface area contributed by atoms with Crippen LogP contribution in [0, 0.1) is 5.82 Å². The van der Waals surface area contributed by atoms with E-state index in [0.29, 0.717) is 23.5 Å². The van der Waals surface area contributed by atoms with Crippen LogP contribution in [0.3, 0.4) is 0 Å². The van der Waals surface area contributed by atoms with Crippen molar-refractivity contribution >= 4 is 40.9 Å². The van der Waals surface area contributed by atoms with Crippen molar-refractivity contribution in [1.29, 1.82) is 0 Å². The summed E-state index contributed by atoms with van der Waals surface area (Å²) in [6, 6.07) is 21.3. The maximum atomic E-state index is 13.3. The van der Waals surface area contributed by atoms with Crippen LogP contribution in [0.5, 0.6) is 0 Å². The van der Waals surface area contributed by atoms with Crippen molar-refractivity contribution in [2.75, 3.05) is 17.6 Å². The summed E-state index contributed by atoms with van der Waals surface area (Å²) in [4.78, 5) is 26.8. The molecule has 1 aliphatic rings. The Morgan fingerprint density at radius 2 is 1.84 bits per heavy atom. The molecule has 0 aromatic heterocycles.